The van der Waals surface area contributed by atoms with Crippen molar-refractivity contribution in [3.05, 3.63) is 94.9 Å². The van der Waals surface area contributed by atoms with E-state index < -0.39 is 0 Å². The van der Waals surface area contributed by atoms with Crippen LogP contribution in [0.2, 0.25) is 0 Å². The van der Waals surface area contributed by atoms with Gasteiger partial charge in [-0.25, -0.2) is 0 Å². The first-order chi connectivity index (χ1) is 14.5. The summed E-state index contributed by atoms with van der Waals surface area (Å²) in [6.45, 7) is 6.08. The van der Waals surface area contributed by atoms with Crippen molar-refractivity contribution in [1.82, 2.24) is 10.5 Å². The van der Waals surface area contributed by atoms with Crippen LogP contribution < -0.4 is 10.1 Å². The summed E-state index contributed by atoms with van der Waals surface area (Å²) in [5.74, 6) is 1.23. The lowest BCUT2D eigenvalue weighted by Crippen LogP contribution is -2.26. The molecule has 5 nitrogen and oxygen atoms in total. The number of fused-ring (bicyclic) bond motifs is 1. The molecule has 1 unspecified atom stereocenters. The molecule has 0 aliphatic rings. The summed E-state index contributed by atoms with van der Waals surface area (Å²) < 4.78 is 11.0. The second kappa shape index (κ2) is 8.41. The van der Waals surface area contributed by atoms with E-state index in [1.165, 1.54) is 0 Å². The fourth-order valence-electron chi connectivity index (χ4n) is 3.58. The molecule has 0 aliphatic heterocycles. The molecule has 30 heavy (non-hydrogen) atoms. The quantitative estimate of drug-likeness (QED) is 0.463. The summed E-state index contributed by atoms with van der Waals surface area (Å²) in [4.78, 5) is 12.9. The monoisotopic (exact) mass is 400 g/mol. The van der Waals surface area contributed by atoms with Crippen molar-refractivity contribution in [2.75, 3.05) is 0 Å². The summed E-state index contributed by atoms with van der Waals surface area (Å²) in [6, 6.07) is 21.4. The summed E-state index contributed by atoms with van der Waals surface area (Å²) >= 11 is 0. The van der Waals surface area contributed by atoms with Crippen molar-refractivity contribution >= 4 is 16.7 Å². The normalized spacial score (nSPS) is 12.0. The first-order valence-electron chi connectivity index (χ1n) is 9.96. The minimum atomic E-state index is -0.141. The Morgan fingerprint density at radius 2 is 1.83 bits per heavy atom. The lowest BCUT2D eigenvalue weighted by Gasteiger charge is -2.17. The molecule has 1 N–H and O–H groups in total. The van der Waals surface area contributed by atoms with Crippen LogP contribution in [0.3, 0.4) is 0 Å². The highest BCUT2D eigenvalue weighted by molar-refractivity contribution is 5.95. The molecule has 5 heteroatoms. The van der Waals surface area contributed by atoms with Crippen molar-refractivity contribution in [3.8, 4) is 5.75 Å². The number of amides is 1. The minimum absolute atomic E-state index is 0.129. The van der Waals surface area contributed by atoms with Gasteiger partial charge in [0.05, 0.1) is 17.3 Å². The van der Waals surface area contributed by atoms with Crippen LogP contribution in [0, 0.1) is 13.8 Å². The Kier molecular flexibility index (Phi) is 5.53. The fourth-order valence-corrected chi connectivity index (χ4v) is 3.58. The first kappa shape index (κ1) is 19.7. The van der Waals surface area contributed by atoms with Crippen LogP contribution in [-0.2, 0) is 6.61 Å². The molecule has 3 aromatic carbocycles. The zero-order chi connectivity index (χ0) is 21.1. The predicted octanol–water partition coefficient (Wildman–Crippen LogP) is 5.51. The third-order valence-corrected chi connectivity index (χ3v) is 5.30. The van der Waals surface area contributed by atoms with Gasteiger partial charge in [0.25, 0.3) is 5.91 Å². The number of ether oxygens (including phenoxy) is 1. The maximum atomic E-state index is 12.9. The van der Waals surface area contributed by atoms with Crippen molar-refractivity contribution in [2.45, 2.75) is 33.4 Å². The fraction of sp³-hybridized carbons (Fsp3) is 0.200. The maximum Gasteiger partial charge on any atom is 0.251 e. The van der Waals surface area contributed by atoms with E-state index in [1.807, 2.05) is 51.1 Å². The standard InChI is InChI=1S/C25H24N2O3/c1-16(22-13-7-9-19-8-4-5-12-23(19)22)26-25(28)20-10-6-11-21(14-20)29-15-24-17(2)27-30-18(24)3/h4-14,16H,15H2,1-3H3,(H,26,28). The third kappa shape index (κ3) is 4.06. The van der Waals surface area contributed by atoms with Gasteiger partial charge in [-0.15, -0.1) is 0 Å². The molecule has 4 aromatic rings. The van der Waals surface area contributed by atoms with Crippen LogP contribution in [0.5, 0.6) is 5.75 Å². The number of aromatic nitrogens is 1. The summed E-state index contributed by atoms with van der Waals surface area (Å²) in [5.41, 5.74) is 3.38. The molecule has 0 spiro atoms. The second-order valence-electron chi connectivity index (χ2n) is 7.38. The van der Waals surface area contributed by atoms with E-state index in [0.29, 0.717) is 17.9 Å². The zero-order valence-corrected chi connectivity index (χ0v) is 17.3. The Morgan fingerprint density at radius 3 is 2.63 bits per heavy atom. The number of rotatable bonds is 6. The lowest BCUT2D eigenvalue weighted by molar-refractivity contribution is 0.0939. The van der Waals surface area contributed by atoms with Gasteiger partial charge in [0.1, 0.15) is 18.1 Å². The number of aryl methyl sites for hydroxylation is 2. The van der Waals surface area contributed by atoms with Crippen LogP contribution in [-0.4, -0.2) is 11.1 Å². The van der Waals surface area contributed by atoms with Crippen LogP contribution in [0.1, 0.15) is 45.9 Å². The highest BCUT2D eigenvalue weighted by atomic mass is 16.5. The number of carbonyl (C=O) groups is 1. The van der Waals surface area contributed by atoms with Crippen LogP contribution in [0.4, 0.5) is 0 Å². The smallest absolute Gasteiger partial charge is 0.251 e. The Labute approximate surface area is 175 Å². The molecule has 0 bridgehead atoms. The van der Waals surface area contributed by atoms with E-state index in [2.05, 4.69) is 34.7 Å². The molecule has 0 fully saturated rings. The number of nitrogens with one attached hydrogen (secondary N) is 1. The van der Waals surface area contributed by atoms with E-state index in [4.69, 9.17) is 9.26 Å². The second-order valence-corrected chi connectivity index (χ2v) is 7.38. The molecular formula is C25H24N2O3. The largest absolute Gasteiger partial charge is 0.489 e. The maximum absolute atomic E-state index is 12.9. The van der Waals surface area contributed by atoms with Crippen molar-refractivity contribution in [1.29, 1.82) is 0 Å². The molecule has 1 atom stereocenters. The highest BCUT2D eigenvalue weighted by Gasteiger charge is 2.15. The molecule has 152 valence electrons. The number of benzene rings is 3. The average molecular weight is 400 g/mol. The number of carbonyl (C=O) groups excluding carboxylic acids is 1. The molecule has 0 aliphatic carbocycles. The highest BCUT2D eigenvalue weighted by Crippen LogP contribution is 2.25. The SMILES string of the molecule is Cc1noc(C)c1COc1cccc(C(=O)NC(C)c2cccc3ccccc23)c1. The average Bonchev–Trinajstić information content (AvgIpc) is 3.09. The van der Waals surface area contributed by atoms with Gasteiger partial charge in [-0.3, -0.25) is 4.79 Å². The van der Waals surface area contributed by atoms with Crippen molar-refractivity contribution in [3.63, 3.8) is 0 Å². The van der Waals surface area contributed by atoms with Gasteiger partial charge in [-0.2, -0.15) is 0 Å². The molecule has 0 saturated heterocycles. The molecule has 1 aromatic heterocycles. The van der Waals surface area contributed by atoms with Gasteiger partial charge in [0.2, 0.25) is 0 Å². The minimum Gasteiger partial charge on any atom is -0.489 e. The van der Waals surface area contributed by atoms with E-state index in [0.717, 1.165) is 33.4 Å². The Morgan fingerprint density at radius 1 is 1.07 bits per heavy atom. The Bertz CT molecular complexity index is 1170. The summed E-state index contributed by atoms with van der Waals surface area (Å²) in [6.07, 6.45) is 0. The molecule has 4 rings (SSSR count). The van der Waals surface area contributed by atoms with Gasteiger partial charge in [-0.1, -0.05) is 53.7 Å². The van der Waals surface area contributed by atoms with Gasteiger partial charge in [0, 0.05) is 5.56 Å². The number of hydrogen-bond acceptors (Lipinski definition) is 4. The molecule has 1 heterocycles. The zero-order valence-electron chi connectivity index (χ0n) is 17.3. The van der Waals surface area contributed by atoms with Gasteiger partial charge >= 0.3 is 0 Å². The molecular weight excluding hydrogens is 376 g/mol. The van der Waals surface area contributed by atoms with Crippen molar-refractivity contribution < 1.29 is 14.1 Å². The van der Waals surface area contributed by atoms with E-state index >= 15 is 0 Å². The van der Waals surface area contributed by atoms with Gasteiger partial charge in [0.15, 0.2) is 0 Å². The molecule has 0 radical (unpaired) electrons. The topological polar surface area (TPSA) is 64.4 Å². The molecule has 0 saturated carbocycles. The first-order valence-corrected chi connectivity index (χ1v) is 9.96. The number of nitrogens with zero attached hydrogens (tertiary/aromatic N) is 1. The van der Waals surface area contributed by atoms with Crippen LogP contribution >= 0.6 is 0 Å². The van der Waals surface area contributed by atoms with Crippen LogP contribution in [0.25, 0.3) is 10.8 Å². The Hall–Kier alpha value is -3.60. The predicted molar refractivity (Wildman–Crippen MR) is 117 cm³/mol. The summed E-state index contributed by atoms with van der Waals surface area (Å²) in [7, 11) is 0. The lowest BCUT2D eigenvalue weighted by atomic mass is 9.99. The Balaban J connectivity index is 1.47. The van der Waals surface area contributed by atoms with Gasteiger partial charge < -0.3 is 14.6 Å². The third-order valence-electron chi connectivity index (χ3n) is 5.30. The van der Waals surface area contributed by atoms with Crippen LogP contribution in [0.15, 0.2) is 71.3 Å². The number of hydrogen-bond donors (Lipinski definition) is 1. The van der Waals surface area contributed by atoms with Crippen molar-refractivity contribution in [2.24, 2.45) is 0 Å². The summed E-state index contributed by atoms with van der Waals surface area (Å²) in [5, 5.41) is 9.34. The van der Waals surface area contributed by atoms with Gasteiger partial charge in [-0.05, 0) is 55.3 Å². The van der Waals surface area contributed by atoms with E-state index in [9.17, 15) is 4.79 Å². The molecule has 1 amide bonds. The van der Waals surface area contributed by atoms with E-state index in [1.54, 1.807) is 12.1 Å². The van der Waals surface area contributed by atoms with E-state index in [-0.39, 0.29) is 11.9 Å².